The number of pyridine rings is 1. The van der Waals surface area contributed by atoms with E-state index in [1.165, 1.54) is 12.1 Å². The summed E-state index contributed by atoms with van der Waals surface area (Å²) in [6.07, 6.45) is -1.26. The molecule has 3 N–H and O–H groups in total. The number of nitrogens with zero attached hydrogens (tertiary/aromatic N) is 5. The predicted molar refractivity (Wildman–Crippen MR) is 190 cm³/mol. The zero-order valence-corrected chi connectivity index (χ0v) is 29.0. The first-order valence-corrected chi connectivity index (χ1v) is 17.7. The summed E-state index contributed by atoms with van der Waals surface area (Å²) in [5.74, 6) is 0.340. The van der Waals surface area contributed by atoms with Gasteiger partial charge in [0.1, 0.15) is 30.5 Å². The second-order valence-corrected chi connectivity index (χ2v) is 14.0. The number of ether oxygens (including phenoxy) is 1. The van der Waals surface area contributed by atoms with Gasteiger partial charge in [0.15, 0.2) is 0 Å². The van der Waals surface area contributed by atoms with E-state index in [4.69, 9.17) is 21.3 Å². The highest BCUT2D eigenvalue weighted by Gasteiger charge is 2.37. The number of aliphatic hydroxyl groups excluding tert-OH is 1. The number of piperidine rings is 1. The molecular formula is C38H34ClF4N7O3. The van der Waals surface area contributed by atoms with Crippen molar-refractivity contribution < 1.29 is 32.2 Å². The molecule has 53 heavy (non-hydrogen) atoms. The summed E-state index contributed by atoms with van der Waals surface area (Å²) in [5.41, 5.74) is 2.20. The number of H-pyrrole nitrogens is 1. The monoisotopic (exact) mass is 747 g/mol. The number of rotatable bonds is 10. The molecule has 2 fully saturated rings. The molecular weight excluding hydrogens is 714 g/mol. The summed E-state index contributed by atoms with van der Waals surface area (Å²) >= 11 is 5.85. The van der Waals surface area contributed by atoms with E-state index in [-0.39, 0.29) is 41.9 Å². The zero-order chi connectivity index (χ0) is 36.9. The smallest absolute Gasteiger partial charge is 0.418 e. The number of anilines is 1. The topological polar surface area (TPSA) is 121 Å². The number of aromatic amines is 1. The van der Waals surface area contributed by atoms with Crippen molar-refractivity contribution in [2.75, 3.05) is 18.4 Å². The fourth-order valence-electron chi connectivity index (χ4n) is 7.03. The minimum atomic E-state index is -4.66. The van der Waals surface area contributed by atoms with Crippen LogP contribution in [-0.2, 0) is 26.1 Å². The number of amides is 1. The van der Waals surface area contributed by atoms with E-state index in [2.05, 4.69) is 25.4 Å². The molecule has 4 heterocycles. The molecule has 0 atom stereocenters. The van der Waals surface area contributed by atoms with E-state index in [9.17, 15) is 27.5 Å². The van der Waals surface area contributed by atoms with Gasteiger partial charge >= 0.3 is 6.18 Å². The van der Waals surface area contributed by atoms with Crippen molar-refractivity contribution in [2.45, 2.75) is 63.6 Å². The average Bonchev–Trinajstić information content (AvgIpc) is 3.80. The summed E-state index contributed by atoms with van der Waals surface area (Å²) in [5, 5.41) is 20.3. The van der Waals surface area contributed by atoms with Crippen LogP contribution in [0.15, 0.2) is 66.7 Å². The lowest BCUT2D eigenvalue weighted by Crippen LogP contribution is -2.33. The largest absolute Gasteiger partial charge is 0.473 e. The van der Waals surface area contributed by atoms with Crippen LogP contribution >= 0.6 is 11.6 Å². The quantitative estimate of drug-likeness (QED) is 0.121. The Bertz CT molecular complexity index is 2330. The summed E-state index contributed by atoms with van der Waals surface area (Å²) in [4.78, 5) is 25.0. The number of nitrogens with one attached hydrogen (secondary N) is 2. The number of carbonyl (C=O) groups is 1. The molecule has 0 spiro atoms. The molecule has 3 aromatic carbocycles. The number of fused-ring (bicyclic) bond motifs is 2. The van der Waals surface area contributed by atoms with Crippen molar-refractivity contribution in [3.05, 3.63) is 111 Å². The summed E-state index contributed by atoms with van der Waals surface area (Å²) < 4.78 is 63.6. The van der Waals surface area contributed by atoms with Gasteiger partial charge in [0, 0.05) is 56.5 Å². The van der Waals surface area contributed by atoms with Crippen molar-refractivity contribution in [3.63, 3.8) is 0 Å². The Morgan fingerprint density at radius 3 is 2.55 bits per heavy atom. The highest BCUT2D eigenvalue weighted by Crippen LogP contribution is 2.45. The Morgan fingerprint density at radius 1 is 1.00 bits per heavy atom. The first kappa shape index (κ1) is 35.0. The van der Waals surface area contributed by atoms with E-state index in [0.717, 1.165) is 50.5 Å². The van der Waals surface area contributed by atoms with Crippen LogP contribution < -0.4 is 10.1 Å². The molecule has 274 valence electrons. The van der Waals surface area contributed by atoms with E-state index in [1.807, 2.05) is 12.1 Å². The first-order valence-electron chi connectivity index (χ1n) is 17.3. The van der Waals surface area contributed by atoms with Gasteiger partial charge in [-0.15, -0.1) is 0 Å². The standard InChI is InChI=1S/C38H34ClF4N7O3/c39-25-8-6-24(29(40)15-25)19-53-34-3-1-2-30(46-34)21-10-12-49(13-11-21)18-33-45-31-14-23(7-9-32(31)50(33)20-51)37(52)44-26-16-27-35(22-4-5-22)47-48-36(27)28(17-26)38(41,42)43/h1-3,6-9,14-17,21-22,51H,4-5,10-13,18-20H2,(H,44,52)(H,47,48). The predicted octanol–water partition coefficient (Wildman–Crippen LogP) is 8.16. The number of likely N-dealkylation sites (tertiary alicyclic amines) is 1. The van der Waals surface area contributed by atoms with Crippen LogP contribution in [0.2, 0.25) is 5.02 Å². The number of benzene rings is 3. The number of hydrogen-bond donors (Lipinski definition) is 3. The summed E-state index contributed by atoms with van der Waals surface area (Å²) in [6.45, 7) is 1.67. The van der Waals surface area contributed by atoms with Gasteiger partial charge in [-0.1, -0.05) is 23.7 Å². The zero-order valence-electron chi connectivity index (χ0n) is 28.3. The minimum absolute atomic E-state index is 0.0194. The van der Waals surface area contributed by atoms with Crippen LogP contribution in [0.3, 0.4) is 0 Å². The third kappa shape index (κ3) is 7.31. The van der Waals surface area contributed by atoms with E-state index in [0.29, 0.717) is 50.9 Å². The SMILES string of the molecule is O=C(Nc1cc(C(F)(F)F)c2n[nH]c(C3CC3)c2c1)c1ccc2c(c1)nc(CN1CCC(c3cccc(OCc4ccc(Cl)cc4F)n3)CC1)n2CO. The molecule has 1 saturated carbocycles. The average molecular weight is 748 g/mol. The Balaban J connectivity index is 0.931. The molecule has 0 unspecified atom stereocenters. The van der Waals surface area contributed by atoms with Crippen molar-refractivity contribution in [1.29, 1.82) is 0 Å². The lowest BCUT2D eigenvalue weighted by atomic mass is 9.93. The van der Waals surface area contributed by atoms with Crippen molar-refractivity contribution in [1.82, 2.24) is 29.6 Å². The summed E-state index contributed by atoms with van der Waals surface area (Å²) in [6, 6.07) is 17.3. The number of alkyl halides is 3. The maximum Gasteiger partial charge on any atom is 0.418 e. The normalized spacial score (nSPS) is 15.7. The first-order chi connectivity index (χ1) is 25.5. The van der Waals surface area contributed by atoms with E-state index in [1.54, 1.807) is 41.0 Å². The van der Waals surface area contributed by atoms with Crippen LogP contribution in [0.5, 0.6) is 5.88 Å². The number of halogens is 5. The second-order valence-electron chi connectivity index (χ2n) is 13.6. The number of carbonyl (C=O) groups excluding carboxylic acids is 1. The fourth-order valence-corrected chi connectivity index (χ4v) is 7.19. The molecule has 3 aromatic heterocycles. The van der Waals surface area contributed by atoms with Gasteiger partial charge < -0.3 is 19.7 Å². The molecule has 1 aliphatic heterocycles. The molecule has 8 rings (SSSR count). The summed E-state index contributed by atoms with van der Waals surface area (Å²) in [7, 11) is 0. The number of aliphatic hydroxyl groups is 1. The minimum Gasteiger partial charge on any atom is -0.473 e. The molecule has 1 aliphatic carbocycles. The molecule has 0 radical (unpaired) electrons. The van der Waals surface area contributed by atoms with Gasteiger partial charge in [-0.3, -0.25) is 14.8 Å². The molecule has 15 heteroatoms. The lowest BCUT2D eigenvalue weighted by Gasteiger charge is -2.31. The van der Waals surface area contributed by atoms with E-state index < -0.39 is 23.5 Å². The third-order valence-corrected chi connectivity index (χ3v) is 10.2. The van der Waals surface area contributed by atoms with Crippen LogP contribution in [0.1, 0.15) is 76.2 Å². The van der Waals surface area contributed by atoms with Gasteiger partial charge in [-0.2, -0.15) is 18.3 Å². The number of imidazole rings is 1. The van der Waals surface area contributed by atoms with Crippen LogP contribution in [0, 0.1) is 5.82 Å². The molecule has 6 aromatic rings. The van der Waals surface area contributed by atoms with E-state index >= 15 is 0 Å². The Morgan fingerprint density at radius 2 is 1.81 bits per heavy atom. The maximum absolute atomic E-state index is 14.2. The van der Waals surface area contributed by atoms with Gasteiger partial charge in [0.25, 0.3) is 5.91 Å². The van der Waals surface area contributed by atoms with Crippen LogP contribution in [0.25, 0.3) is 21.9 Å². The van der Waals surface area contributed by atoms with Crippen LogP contribution in [-0.4, -0.2) is 53.7 Å². The molecule has 0 bridgehead atoms. The van der Waals surface area contributed by atoms with Crippen molar-refractivity contribution in [3.8, 4) is 5.88 Å². The van der Waals surface area contributed by atoms with Gasteiger partial charge in [-0.25, -0.2) is 14.4 Å². The second kappa shape index (κ2) is 14.1. The molecule has 1 saturated heterocycles. The third-order valence-electron chi connectivity index (χ3n) is 9.97. The highest BCUT2D eigenvalue weighted by molar-refractivity contribution is 6.30. The molecule has 10 nitrogen and oxygen atoms in total. The Hall–Kier alpha value is -5.05. The Kier molecular flexibility index (Phi) is 9.29. The Labute approximate surface area is 305 Å². The lowest BCUT2D eigenvalue weighted by molar-refractivity contribution is -0.136. The molecule has 1 amide bonds. The highest BCUT2D eigenvalue weighted by atomic mass is 35.5. The van der Waals surface area contributed by atoms with Gasteiger partial charge in [0.05, 0.1) is 23.1 Å². The number of hydrogen-bond acceptors (Lipinski definition) is 7. The van der Waals surface area contributed by atoms with Crippen LogP contribution in [0.4, 0.5) is 23.2 Å². The van der Waals surface area contributed by atoms with Crippen molar-refractivity contribution >= 4 is 45.1 Å². The molecule has 2 aliphatic rings. The number of aromatic nitrogens is 5. The maximum atomic E-state index is 14.2. The van der Waals surface area contributed by atoms with Crippen molar-refractivity contribution in [2.24, 2.45) is 0 Å². The van der Waals surface area contributed by atoms with Gasteiger partial charge in [-0.05, 0) is 87.3 Å². The fraction of sp³-hybridized carbons (Fsp3) is 0.316. The van der Waals surface area contributed by atoms with Gasteiger partial charge in [0.2, 0.25) is 5.88 Å².